The fourth-order valence-corrected chi connectivity index (χ4v) is 3.03. The van der Waals surface area contributed by atoms with Crippen LogP contribution in [0.5, 0.6) is 0 Å². The molecule has 0 aliphatic rings. The first kappa shape index (κ1) is 18.4. The van der Waals surface area contributed by atoms with Gasteiger partial charge in [0.05, 0.1) is 10.8 Å². The lowest BCUT2D eigenvalue weighted by molar-refractivity contribution is -0.137. The Labute approximate surface area is 143 Å². The molecule has 0 bridgehead atoms. The second kappa shape index (κ2) is 7.30. The highest BCUT2D eigenvalue weighted by Gasteiger charge is 2.30. The highest BCUT2D eigenvalue weighted by atomic mass is 32.2. The third kappa shape index (κ3) is 4.77. The summed E-state index contributed by atoms with van der Waals surface area (Å²) in [6.45, 7) is 5.73. The van der Waals surface area contributed by atoms with Crippen molar-refractivity contribution in [3.63, 3.8) is 0 Å². The number of rotatable bonds is 4. The molecule has 1 atom stereocenters. The van der Waals surface area contributed by atoms with Crippen LogP contribution in [-0.2, 0) is 11.0 Å². The zero-order valence-electron chi connectivity index (χ0n) is 13.6. The predicted molar refractivity (Wildman–Crippen MR) is 91.3 cm³/mol. The van der Waals surface area contributed by atoms with Gasteiger partial charge in [-0.25, -0.2) is 0 Å². The van der Waals surface area contributed by atoms with Crippen molar-refractivity contribution in [2.24, 2.45) is 0 Å². The third-order valence-electron chi connectivity index (χ3n) is 3.62. The summed E-state index contributed by atoms with van der Waals surface area (Å²) in [6.07, 6.45) is -4.43. The monoisotopic (exact) mass is 353 g/mol. The van der Waals surface area contributed by atoms with Crippen molar-refractivity contribution >= 4 is 23.4 Å². The summed E-state index contributed by atoms with van der Waals surface area (Å²) in [5.41, 5.74) is 1.66. The van der Waals surface area contributed by atoms with Crippen molar-refractivity contribution in [1.82, 2.24) is 0 Å². The van der Waals surface area contributed by atoms with Crippen LogP contribution >= 0.6 is 11.8 Å². The van der Waals surface area contributed by atoms with Gasteiger partial charge in [0.25, 0.3) is 0 Å². The molecule has 1 N–H and O–H groups in total. The number of benzene rings is 2. The molecule has 1 unspecified atom stereocenters. The molecule has 0 aliphatic heterocycles. The van der Waals surface area contributed by atoms with E-state index >= 15 is 0 Å². The molecular weight excluding hydrogens is 335 g/mol. The van der Waals surface area contributed by atoms with Gasteiger partial charge in [-0.2, -0.15) is 13.2 Å². The standard InChI is InChI=1S/C18H18F3NOS/c1-11-7-8-16(9-12(11)2)24-13(3)17(23)22-15-6-4-5-14(10-15)18(19,20)21/h4-10,13H,1-3H3,(H,22,23). The maximum Gasteiger partial charge on any atom is 0.416 e. The first-order valence-electron chi connectivity index (χ1n) is 7.39. The number of halogens is 3. The van der Waals surface area contributed by atoms with Gasteiger partial charge in [0, 0.05) is 10.6 Å². The van der Waals surface area contributed by atoms with Crippen molar-refractivity contribution in [1.29, 1.82) is 0 Å². The molecule has 0 fully saturated rings. The van der Waals surface area contributed by atoms with Crippen molar-refractivity contribution in [2.75, 3.05) is 5.32 Å². The van der Waals surface area contributed by atoms with Crippen LogP contribution in [0.2, 0.25) is 0 Å². The summed E-state index contributed by atoms with van der Waals surface area (Å²) >= 11 is 1.37. The van der Waals surface area contributed by atoms with Crippen molar-refractivity contribution in [2.45, 2.75) is 37.1 Å². The lowest BCUT2D eigenvalue weighted by Gasteiger charge is -2.14. The number of carbonyl (C=O) groups is 1. The van der Waals surface area contributed by atoms with E-state index in [9.17, 15) is 18.0 Å². The lowest BCUT2D eigenvalue weighted by atomic mass is 10.1. The Morgan fingerprint density at radius 3 is 2.42 bits per heavy atom. The molecular formula is C18H18F3NOS. The number of nitrogens with one attached hydrogen (secondary N) is 1. The summed E-state index contributed by atoms with van der Waals surface area (Å²) in [5, 5.41) is 2.11. The van der Waals surface area contributed by atoms with E-state index in [-0.39, 0.29) is 11.6 Å². The molecule has 0 radical (unpaired) electrons. The van der Waals surface area contributed by atoms with Gasteiger partial charge in [-0.3, -0.25) is 4.79 Å². The molecule has 0 spiro atoms. The zero-order chi connectivity index (χ0) is 17.9. The molecule has 24 heavy (non-hydrogen) atoms. The van der Waals surface area contributed by atoms with E-state index < -0.39 is 17.0 Å². The Morgan fingerprint density at radius 2 is 1.79 bits per heavy atom. The average molecular weight is 353 g/mol. The van der Waals surface area contributed by atoms with Gasteiger partial charge >= 0.3 is 6.18 Å². The second-order valence-corrected chi connectivity index (χ2v) is 6.99. The number of anilines is 1. The summed E-state index contributed by atoms with van der Waals surface area (Å²) in [4.78, 5) is 13.2. The van der Waals surface area contributed by atoms with Crippen LogP contribution in [-0.4, -0.2) is 11.2 Å². The van der Waals surface area contributed by atoms with E-state index in [0.717, 1.165) is 22.6 Å². The van der Waals surface area contributed by atoms with Gasteiger partial charge in [0.15, 0.2) is 0 Å². The summed E-state index contributed by atoms with van der Waals surface area (Å²) in [6, 6.07) is 10.5. The molecule has 0 heterocycles. The molecule has 2 aromatic rings. The molecule has 128 valence electrons. The average Bonchev–Trinajstić information content (AvgIpc) is 2.50. The molecule has 0 saturated heterocycles. The first-order valence-corrected chi connectivity index (χ1v) is 8.27. The first-order chi connectivity index (χ1) is 11.2. The Balaban J connectivity index is 2.05. The summed E-state index contributed by atoms with van der Waals surface area (Å²) < 4.78 is 38.1. The fraction of sp³-hybridized carbons (Fsp3) is 0.278. The van der Waals surface area contributed by atoms with Crippen molar-refractivity contribution in [3.05, 3.63) is 59.2 Å². The maximum atomic E-state index is 12.7. The minimum absolute atomic E-state index is 0.141. The smallest absolute Gasteiger partial charge is 0.325 e. The number of hydrogen-bond donors (Lipinski definition) is 1. The SMILES string of the molecule is Cc1ccc(SC(C)C(=O)Nc2cccc(C(F)(F)F)c2)cc1C. The number of thioether (sulfide) groups is 1. The predicted octanol–water partition coefficient (Wildman–Crippen LogP) is 5.44. The molecule has 0 aromatic heterocycles. The van der Waals surface area contributed by atoms with Crippen LogP contribution in [0, 0.1) is 13.8 Å². The highest BCUT2D eigenvalue weighted by Crippen LogP contribution is 2.31. The Kier molecular flexibility index (Phi) is 5.59. The van der Waals surface area contributed by atoms with E-state index in [1.165, 1.54) is 29.5 Å². The van der Waals surface area contributed by atoms with E-state index in [0.29, 0.717) is 0 Å². The molecule has 0 aliphatic carbocycles. The molecule has 2 aromatic carbocycles. The van der Waals surface area contributed by atoms with Crippen LogP contribution in [0.3, 0.4) is 0 Å². The van der Waals surface area contributed by atoms with E-state index in [1.54, 1.807) is 6.92 Å². The quantitative estimate of drug-likeness (QED) is 0.742. The van der Waals surface area contributed by atoms with E-state index in [1.807, 2.05) is 32.0 Å². The van der Waals surface area contributed by atoms with Gasteiger partial charge in [-0.05, 0) is 62.2 Å². The van der Waals surface area contributed by atoms with Crippen LogP contribution in [0.1, 0.15) is 23.6 Å². The number of amides is 1. The Hall–Kier alpha value is -1.95. The third-order valence-corrected chi connectivity index (χ3v) is 4.71. The number of aryl methyl sites for hydroxylation is 2. The van der Waals surface area contributed by atoms with Crippen LogP contribution in [0.4, 0.5) is 18.9 Å². The molecule has 6 heteroatoms. The molecule has 2 rings (SSSR count). The maximum absolute atomic E-state index is 12.7. The summed E-state index contributed by atoms with van der Waals surface area (Å²) in [7, 11) is 0. The zero-order valence-corrected chi connectivity index (χ0v) is 14.4. The molecule has 2 nitrogen and oxygen atoms in total. The number of hydrogen-bond acceptors (Lipinski definition) is 2. The van der Waals surface area contributed by atoms with E-state index in [2.05, 4.69) is 5.32 Å². The Morgan fingerprint density at radius 1 is 1.08 bits per heavy atom. The van der Waals surface area contributed by atoms with Crippen molar-refractivity contribution < 1.29 is 18.0 Å². The van der Waals surface area contributed by atoms with Crippen LogP contribution < -0.4 is 5.32 Å². The van der Waals surface area contributed by atoms with Crippen molar-refractivity contribution in [3.8, 4) is 0 Å². The Bertz CT molecular complexity index is 743. The topological polar surface area (TPSA) is 29.1 Å². The highest BCUT2D eigenvalue weighted by molar-refractivity contribution is 8.00. The largest absolute Gasteiger partial charge is 0.416 e. The number of carbonyl (C=O) groups excluding carboxylic acids is 1. The molecule has 0 saturated carbocycles. The van der Waals surface area contributed by atoms with Crippen LogP contribution in [0.15, 0.2) is 47.4 Å². The second-order valence-electron chi connectivity index (χ2n) is 5.57. The van der Waals surface area contributed by atoms with Gasteiger partial charge in [0.2, 0.25) is 5.91 Å². The van der Waals surface area contributed by atoms with Gasteiger partial charge in [-0.1, -0.05) is 12.1 Å². The van der Waals surface area contributed by atoms with Crippen LogP contribution in [0.25, 0.3) is 0 Å². The minimum atomic E-state index is -4.43. The fourth-order valence-electron chi connectivity index (χ4n) is 2.06. The molecule has 1 amide bonds. The number of alkyl halides is 3. The summed E-state index contributed by atoms with van der Waals surface area (Å²) in [5.74, 6) is -0.336. The minimum Gasteiger partial charge on any atom is -0.325 e. The van der Waals surface area contributed by atoms with E-state index in [4.69, 9.17) is 0 Å². The normalized spacial score (nSPS) is 12.8. The lowest BCUT2D eigenvalue weighted by Crippen LogP contribution is -2.22. The van der Waals surface area contributed by atoms with Gasteiger partial charge in [-0.15, -0.1) is 11.8 Å². The van der Waals surface area contributed by atoms with Gasteiger partial charge in [0.1, 0.15) is 0 Å². The van der Waals surface area contributed by atoms with Gasteiger partial charge < -0.3 is 5.32 Å².